The van der Waals surface area contributed by atoms with Gasteiger partial charge in [-0.25, -0.2) is 0 Å². The van der Waals surface area contributed by atoms with Crippen LogP contribution in [0.3, 0.4) is 0 Å². The lowest BCUT2D eigenvalue weighted by atomic mass is 10.1. The number of nitrogens with one attached hydrogen (secondary N) is 1. The molecule has 6 heteroatoms. The molecular formula is C13H22N4O2. The second kappa shape index (κ2) is 6.16. The molecule has 1 amide bonds. The van der Waals surface area contributed by atoms with E-state index in [1.807, 2.05) is 17.9 Å². The summed E-state index contributed by atoms with van der Waals surface area (Å²) >= 11 is 0. The highest BCUT2D eigenvalue weighted by atomic mass is 16.3. The molecule has 6 nitrogen and oxygen atoms in total. The number of carbonyl (C=O) groups excluding carboxylic acids is 1. The van der Waals surface area contributed by atoms with Crippen LogP contribution in [0.4, 0.5) is 0 Å². The van der Waals surface area contributed by atoms with Crippen LogP contribution in [0.5, 0.6) is 0 Å². The lowest BCUT2D eigenvalue weighted by molar-refractivity contribution is 0.0465. The molecule has 0 aromatic carbocycles. The number of aromatic nitrogens is 2. The molecule has 1 aliphatic rings. The van der Waals surface area contributed by atoms with Crippen molar-refractivity contribution in [3.05, 3.63) is 17.5 Å². The number of piperazine rings is 1. The molecule has 1 saturated heterocycles. The number of H-pyrrole nitrogens is 1. The summed E-state index contributed by atoms with van der Waals surface area (Å²) in [6, 6.07) is 2.10. The highest BCUT2D eigenvalue weighted by Crippen LogP contribution is 2.12. The first-order valence-electron chi connectivity index (χ1n) is 6.84. The molecule has 2 heterocycles. The molecular weight excluding hydrogens is 244 g/mol. The average molecular weight is 266 g/mol. The maximum Gasteiger partial charge on any atom is 0.274 e. The van der Waals surface area contributed by atoms with Gasteiger partial charge < -0.3 is 10.0 Å². The number of aliphatic hydroxyl groups is 1. The van der Waals surface area contributed by atoms with Gasteiger partial charge in [0.15, 0.2) is 0 Å². The van der Waals surface area contributed by atoms with Crippen molar-refractivity contribution in [3.63, 3.8) is 0 Å². The molecule has 0 radical (unpaired) electrons. The number of β-amino-alcohol motifs (C(OH)–C–C–N with tert-alkyl or cyclic N) is 1. The maximum atomic E-state index is 12.3. The predicted molar refractivity (Wildman–Crippen MR) is 72.0 cm³/mol. The first-order chi connectivity index (χ1) is 9.15. The molecule has 0 aliphatic carbocycles. The van der Waals surface area contributed by atoms with E-state index in [-0.39, 0.29) is 18.6 Å². The molecule has 0 saturated carbocycles. The zero-order chi connectivity index (χ0) is 13.8. The van der Waals surface area contributed by atoms with Crippen LogP contribution < -0.4 is 0 Å². The minimum atomic E-state index is -0.00792. The first-order valence-corrected chi connectivity index (χ1v) is 6.84. The normalized spacial score (nSPS) is 20.8. The Hall–Kier alpha value is -1.40. The molecule has 1 fully saturated rings. The Labute approximate surface area is 113 Å². The van der Waals surface area contributed by atoms with Crippen molar-refractivity contribution < 1.29 is 9.90 Å². The summed E-state index contributed by atoms with van der Waals surface area (Å²) in [6.07, 6.45) is 0.848. The Morgan fingerprint density at radius 3 is 2.95 bits per heavy atom. The predicted octanol–water partition coefficient (Wildman–Crippen LogP) is 0.111. The summed E-state index contributed by atoms with van der Waals surface area (Å²) < 4.78 is 0. The first kappa shape index (κ1) is 14.0. The molecule has 2 rings (SSSR count). The van der Waals surface area contributed by atoms with Crippen molar-refractivity contribution in [2.45, 2.75) is 26.3 Å². The number of aryl methyl sites for hydroxylation is 1. The van der Waals surface area contributed by atoms with Gasteiger partial charge in [0.05, 0.1) is 6.61 Å². The number of hydrogen-bond donors (Lipinski definition) is 2. The number of rotatable bonds is 4. The fourth-order valence-electron chi connectivity index (χ4n) is 2.45. The fraction of sp³-hybridized carbons (Fsp3) is 0.692. The van der Waals surface area contributed by atoms with Gasteiger partial charge in [-0.1, -0.05) is 6.92 Å². The van der Waals surface area contributed by atoms with Crippen molar-refractivity contribution in [1.82, 2.24) is 20.0 Å². The van der Waals surface area contributed by atoms with Crippen molar-refractivity contribution >= 4 is 5.91 Å². The standard InChI is InChI=1S/C13H22N4O2/c1-3-11-8-12(15-14-11)13(19)17-5-4-16(6-7-18)10(2)9-17/h8,10,18H,3-7,9H2,1-2H3,(H,14,15)/t10-/m0/s1. The van der Waals surface area contributed by atoms with Crippen molar-refractivity contribution in [2.75, 3.05) is 32.8 Å². The van der Waals surface area contributed by atoms with Crippen LogP contribution >= 0.6 is 0 Å². The van der Waals surface area contributed by atoms with E-state index in [9.17, 15) is 4.79 Å². The molecule has 1 aromatic heterocycles. The number of aromatic amines is 1. The van der Waals surface area contributed by atoms with E-state index in [4.69, 9.17) is 5.11 Å². The Morgan fingerprint density at radius 1 is 1.58 bits per heavy atom. The minimum Gasteiger partial charge on any atom is -0.395 e. The van der Waals surface area contributed by atoms with E-state index in [0.717, 1.165) is 18.7 Å². The van der Waals surface area contributed by atoms with Gasteiger partial charge in [-0.15, -0.1) is 0 Å². The van der Waals surface area contributed by atoms with E-state index in [0.29, 0.717) is 25.3 Å². The Kier molecular flexibility index (Phi) is 4.55. The molecule has 19 heavy (non-hydrogen) atoms. The van der Waals surface area contributed by atoms with Crippen LogP contribution in [0.25, 0.3) is 0 Å². The van der Waals surface area contributed by atoms with Gasteiger partial charge in [0.2, 0.25) is 0 Å². The number of nitrogens with zero attached hydrogens (tertiary/aromatic N) is 3. The van der Waals surface area contributed by atoms with Gasteiger partial charge in [0, 0.05) is 37.9 Å². The van der Waals surface area contributed by atoms with Crippen LogP contribution in [0, 0.1) is 0 Å². The second-order valence-electron chi connectivity index (χ2n) is 4.99. The summed E-state index contributed by atoms with van der Waals surface area (Å²) in [5.41, 5.74) is 1.48. The number of carbonyl (C=O) groups is 1. The van der Waals surface area contributed by atoms with Crippen LogP contribution in [0.2, 0.25) is 0 Å². The number of hydrogen-bond acceptors (Lipinski definition) is 4. The molecule has 0 unspecified atom stereocenters. The van der Waals surface area contributed by atoms with Crippen LogP contribution in [0.1, 0.15) is 30.0 Å². The molecule has 1 aliphatic heterocycles. The monoisotopic (exact) mass is 266 g/mol. The van der Waals surface area contributed by atoms with Crippen molar-refractivity contribution in [1.29, 1.82) is 0 Å². The molecule has 2 N–H and O–H groups in total. The molecule has 1 atom stereocenters. The Balaban J connectivity index is 1.98. The lowest BCUT2D eigenvalue weighted by Crippen LogP contribution is -2.54. The topological polar surface area (TPSA) is 72.5 Å². The van der Waals surface area contributed by atoms with E-state index >= 15 is 0 Å². The lowest BCUT2D eigenvalue weighted by Gasteiger charge is -2.39. The highest BCUT2D eigenvalue weighted by Gasteiger charge is 2.27. The summed E-state index contributed by atoms with van der Waals surface area (Å²) in [5, 5.41) is 15.9. The van der Waals surface area contributed by atoms with Gasteiger partial charge >= 0.3 is 0 Å². The van der Waals surface area contributed by atoms with Gasteiger partial charge in [0.25, 0.3) is 5.91 Å². The van der Waals surface area contributed by atoms with Crippen LogP contribution in [-0.4, -0.2) is 69.8 Å². The Bertz CT molecular complexity index is 432. The fourth-order valence-corrected chi connectivity index (χ4v) is 2.45. The largest absolute Gasteiger partial charge is 0.395 e. The van der Waals surface area contributed by atoms with E-state index < -0.39 is 0 Å². The number of aliphatic hydroxyl groups excluding tert-OH is 1. The van der Waals surface area contributed by atoms with Gasteiger partial charge in [-0.2, -0.15) is 5.10 Å². The van der Waals surface area contributed by atoms with Gasteiger partial charge in [0.1, 0.15) is 5.69 Å². The second-order valence-corrected chi connectivity index (χ2v) is 4.99. The zero-order valence-corrected chi connectivity index (χ0v) is 11.6. The summed E-state index contributed by atoms with van der Waals surface area (Å²) in [6.45, 7) is 7.13. The SMILES string of the molecule is CCc1cc(C(=O)N2CCN(CCO)[C@@H](C)C2)n[nH]1. The quantitative estimate of drug-likeness (QED) is 0.811. The molecule has 0 spiro atoms. The number of amides is 1. The van der Waals surface area contributed by atoms with Crippen molar-refractivity contribution in [2.24, 2.45) is 0 Å². The third kappa shape index (κ3) is 3.13. The van der Waals surface area contributed by atoms with Crippen LogP contribution in [-0.2, 0) is 6.42 Å². The molecule has 0 bridgehead atoms. The summed E-state index contributed by atoms with van der Waals surface area (Å²) in [4.78, 5) is 16.4. The highest BCUT2D eigenvalue weighted by molar-refractivity contribution is 5.92. The van der Waals surface area contributed by atoms with E-state index in [1.54, 1.807) is 0 Å². The van der Waals surface area contributed by atoms with Gasteiger partial charge in [-0.05, 0) is 19.4 Å². The summed E-state index contributed by atoms with van der Waals surface area (Å²) in [5.74, 6) is -0.00792. The zero-order valence-electron chi connectivity index (χ0n) is 11.6. The minimum absolute atomic E-state index is 0.00792. The average Bonchev–Trinajstić information content (AvgIpc) is 2.89. The maximum absolute atomic E-state index is 12.3. The third-order valence-electron chi connectivity index (χ3n) is 3.67. The Morgan fingerprint density at radius 2 is 2.37 bits per heavy atom. The van der Waals surface area contributed by atoms with Crippen LogP contribution in [0.15, 0.2) is 6.07 Å². The van der Waals surface area contributed by atoms with E-state index in [1.165, 1.54) is 0 Å². The summed E-state index contributed by atoms with van der Waals surface area (Å²) in [7, 11) is 0. The van der Waals surface area contributed by atoms with Gasteiger partial charge in [-0.3, -0.25) is 14.8 Å². The smallest absolute Gasteiger partial charge is 0.274 e. The third-order valence-corrected chi connectivity index (χ3v) is 3.67. The van der Waals surface area contributed by atoms with Crippen molar-refractivity contribution in [3.8, 4) is 0 Å². The molecule has 106 valence electrons. The molecule has 1 aromatic rings. The van der Waals surface area contributed by atoms with E-state index in [2.05, 4.69) is 22.0 Å².